The van der Waals surface area contributed by atoms with Gasteiger partial charge in [-0.05, 0) is 63.2 Å². The summed E-state index contributed by atoms with van der Waals surface area (Å²) in [6, 6.07) is 88.2. The number of aromatic nitrogens is 5. The molecule has 0 amide bonds. The summed E-state index contributed by atoms with van der Waals surface area (Å²) in [4.78, 5) is 16.3. The molecule has 0 atom stereocenters. The Bertz CT molecular complexity index is 3990. The van der Waals surface area contributed by atoms with Gasteiger partial charge in [-0.15, -0.1) is 0 Å². The van der Waals surface area contributed by atoms with Crippen molar-refractivity contribution in [2.24, 2.45) is 0 Å². The van der Waals surface area contributed by atoms with Gasteiger partial charge >= 0.3 is 0 Å². The molecule has 3 aromatic heterocycles. The Labute approximate surface area is 393 Å². The molecule has 0 N–H and O–H groups in total. The molecule has 0 spiro atoms. The summed E-state index contributed by atoms with van der Waals surface area (Å²) in [5, 5.41) is 4.53. The molecule has 5 heteroatoms. The van der Waals surface area contributed by atoms with Crippen LogP contribution in [0.1, 0.15) is 0 Å². The van der Waals surface area contributed by atoms with E-state index in [1.807, 2.05) is 12.1 Å². The van der Waals surface area contributed by atoms with Gasteiger partial charge in [0.05, 0.1) is 27.8 Å². The first-order chi connectivity index (χ1) is 33.7. The molecule has 3 heterocycles. The Kier molecular flexibility index (Phi) is 9.43. The summed E-state index contributed by atoms with van der Waals surface area (Å²) in [6.45, 7) is 0. The molecule has 10 aromatic carbocycles. The smallest absolute Gasteiger partial charge is 0.238 e. The first kappa shape index (κ1) is 39.2. The van der Waals surface area contributed by atoms with E-state index < -0.39 is 0 Å². The van der Waals surface area contributed by atoms with E-state index in [9.17, 15) is 0 Å². The van der Waals surface area contributed by atoms with Crippen molar-refractivity contribution in [3.8, 4) is 78.9 Å². The molecule has 0 aliphatic heterocycles. The normalized spacial score (nSPS) is 11.5. The molecule has 0 saturated heterocycles. The van der Waals surface area contributed by atoms with Crippen LogP contribution in [0.4, 0.5) is 0 Å². The van der Waals surface area contributed by atoms with Crippen LogP contribution in [0.15, 0.2) is 249 Å². The maximum Gasteiger partial charge on any atom is 0.238 e. The molecule has 13 rings (SSSR count). The van der Waals surface area contributed by atoms with Gasteiger partial charge in [0.1, 0.15) is 0 Å². The minimum atomic E-state index is 0.540. The second-order valence-electron chi connectivity index (χ2n) is 17.2. The van der Waals surface area contributed by atoms with Gasteiger partial charge in [0.25, 0.3) is 0 Å². The highest BCUT2D eigenvalue weighted by Gasteiger charge is 2.25. The van der Waals surface area contributed by atoms with E-state index in [2.05, 4.69) is 246 Å². The summed E-state index contributed by atoms with van der Waals surface area (Å²) in [5.41, 5.74) is 16.2. The number of fused-ring (bicyclic) bond motifs is 7. The number of hydrogen-bond acceptors (Lipinski definition) is 3. The second-order valence-corrected chi connectivity index (χ2v) is 17.2. The van der Waals surface area contributed by atoms with Gasteiger partial charge < -0.3 is 4.57 Å². The zero-order valence-electron chi connectivity index (χ0n) is 36.9. The van der Waals surface area contributed by atoms with Crippen molar-refractivity contribution < 1.29 is 0 Å². The molecule has 0 fully saturated rings. The lowest BCUT2D eigenvalue weighted by Gasteiger charge is -2.17. The molecular weight excluding hydrogens is 827 g/mol. The van der Waals surface area contributed by atoms with Gasteiger partial charge in [0.2, 0.25) is 5.95 Å². The van der Waals surface area contributed by atoms with Crippen molar-refractivity contribution in [3.63, 3.8) is 0 Å². The third kappa shape index (κ3) is 6.59. The predicted octanol–water partition coefficient (Wildman–Crippen LogP) is 16.1. The van der Waals surface area contributed by atoms with Crippen molar-refractivity contribution in [1.82, 2.24) is 24.1 Å². The van der Waals surface area contributed by atoms with Gasteiger partial charge in [-0.3, -0.25) is 4.57 Å². The molecule has 0 aliphatic rings. The standard InChI is InChI=1S/C63H41N5/c1-5-19-42(20-6-1)44-33-35-47(36-34-44)61-64-62(54-30-14-13-27-49(54)45-23-9-3-10-24-45)66-63(65-61)68-57-32-18-16-29-51(57)53-39-38-52-50-28-15-17-31-56(50)67(59(52)60(53)68)58-40-37-48(43-21-7-2-8-22-43)41-55(58)46-25-11-4-12-26-46/h1-41H. The molecule has 13 aromatic rings. The van der Waals surface area contributed by atoms with Crippen LogP contribution >= 0.6 is 0 Å². The van der Waals surface area contributed by atoms with E-state index in [0.29, 0.717) is 17.6 Å². The van der Waals surface area contributed by atoms with Crippen LogP contribution in [-0.4, -0.2) is 24.1 Å². The fourth-order valence-corrected chi connectivity index (χ4v) is 10.1. The minimum Gasteiger partial charge on any atom is -0.307 e. The van der Waals surface area contributed by atoms with Gasteiger partial charge in [0, 0.05) is 38.2 Å². The lowest BCUT2D eigenvalue weighted by Crippen LogP contribution is -2.08. The number of rotatable bonds is 8. The summed E-state index contributed by atoms with van der Waals surface area (Å²) < 4.78 is 4.75. The van der Waals surface area contributed by atoms with Crippen LogP contribution in [0.25, 0.3) is 123 Å². The molecule has 0 unspecified atom stereocenters. The van der Waals surface area contributed by atoms with Crippen LogP contribution < -0.4 is 0 Å². The fourth-order valence-electron chi connectivity index (χ4n) is 10.1. The number of nitrogens with zero attached hydrogens (tertiary/aromatic N) is 5. The van der Waals surface area contributed by atoms with Crippen molar-refractivity contribution in [2.45, 2.75) is 0 Å². The summed E-state index contributed by atoms with van der Waals surface area (Å²) in [5.74, 6) is 1.73. The SMILES string of the molecule is c1ccc(-c2ccc(-c3nc(-c4ccccc4-c4ccccc4)nc(-n4c5ccccc5c5ccc6c7ccccc7n(-c7ccc(-c8ccccc8)cc7-c7ccccc7)c6c54)n3)cc2)cc1. The van der Waals surface area contributed by atoms with Crippen molar-refractivity contribution in [1.29, 1.82) is 0 Å². The van der Waals surface area contributed by atoms with Crippen molar-refractivity contribution in [3.05, 3.63) is 249 Å². The Morgan fingerprint density at radius 2 is 0.676 bits per heavy atom. The lowest BCUT2D eigenvalue weighted by atomic mass is 9.97. The lowest BCUT2D eigenvalue weighted by molar-refractivity contribution is 0.953. The van der Waals surface area contributed by atoms with Crippen LogP contribution in [0.3, 0.4) is 0 Å². The van der Waals surface area contributed by atoms with Gasteiger partial charge in [-0.2, -0.15) is 9.97 Å². The van der Waals surface area contributed by atoms with Crippen LogP contribution in [0.5, 0.6) is 0 Å². The molecule has 0 saturated carbocycles. The third-order valence-corrected chi connectivity index (χ3v) is 13.2. The minimum absolute atomic E-state index is 0.540. The van der Waals surface area contributed by atoms with Crippen LogP contribution in [0.2, 0.25) is 0 Å². The highest BCUT2D eigenvalue weighted by atomic mass is 15.2. The quantitative estimate of drug-likeness (QED) is 0.153. The highest BCUT2D eigenvalue weighted by Crippen LogP contribution is 2.44. The van der Waals surface area contributed by atoms with E-state index in [4.69, 9.17) is 15.0 Å². The van der Waals surface area contributed by atoms with Gasteiger partial charge in [-0.25, -0.2) is 4.98 Å². The zero-order valence-corrected chi connectivity index (χ0v) is 36.9. The van der Waals surface area contributed by atoms with E-state index in [0.717, 1.165) is 94.0 Å². The first-order valence-corrected chi connectivity index (χ1v) is 23.0. The van der Waals surface area contributed by atoms with Crippen molar-refractivity contribution in [2.75, 3.05) is 0 Å². The number of para-hydroxylation sites is 2. The average molecular weight is 868 g/mol. The summed E-state index contributed by atoms with van der Waals surface area (Å²) in [6.07, 6.45) is 0. The Balaban J connectivity index is 1.13. The topological polar surface area (TPSA) is 48.5 Å². The maximum atomic E-state index is 5.53. The summed E-state index contributed by atoms with van der Waals surface area (Å²) >= 11 is 0. The predicted molar refractivity (Wildman–Crippen MR) is 281 cm³/mol. The first-order valence-electron chi connectivity index (χ1n) is 23.0. The zero-order chi connectivity index (χ0) is 45.0. The number of benzene rings is 10. The van der Waals surface area contributed by atoms with Crippen LogP contribution in [0, 0.1) is 0 Å². The monoisotopic (exact) mass is 867 g/mol. The molecule has 0 radical (unpaired) electrons. The molecule has 0 aliphatic carbocycles. The van der Waals surface area contributed by atoms with Gasteiger partial charge in [-0.1, -0.05) is 224 Å². The molecule has 5 nitrogen and oxygen atoms in total. The molecular formula is C63H41N5. The highest BCUT2D eigenvalue weighted by molar-refractivity contribution is 6.24. The second kappa shape index (κ2) is 16.4. The fraction of sp³-hybridized carbons (Fsp3) is 0. The van der Waals surface area contributed by atoms with Gasteiger partial charge in [0.15, 0.2) is 11.6 Å². The molecule has 68 heavy (non-hydrogen) atoms. The average Bonchev–Trinajstić information content (AvgIpc) is 3.95. The third-order valence-electron chi connectivity index (χ3n) is 13.2. The van der Waals surface area contributed by atoms with Crippen molar-refractivity contribution >= 4 is 43.6 Å². The Morgan fingerprint density at radius 1 is 0.250 bits per heavy atom. The summed E-state index contributed by atoms with van der Waals surface area (Å²) in [7, 11) is 0. The van der Waals surface area contributed by atoms with Crippen LogP contribution in [-0.2, 0) is 0 Å². The Hall–Kier alpha value is -9.19. The molecule has 0 bridgehead atoms. The van der Waals surface area contributed by atoms with E-state index in [-0.39, 0.29) is 0 Å². The van der Waals surface area contributed by atoms with E-state index in [1.54, 1.807) is 0 Å². The largest absolute Gasteiger partial charge is 0.307 e. The number of hydrogen-bond donors (Lipinski definition) is 0. The van der Waals surface area contributed by atoms with E-state index in [1.165, 1.54) is 10.9 Å². The van der Waals surface area contributed by atoms with E-state index >= 15 is 0 Å². The Morgan fingerprint density at radius 3 is 1.29 bits per heavy atom. The molecule has 318 valence electrons. The maximum absolute atomic E-state index is 5.53.